The van der Waals surface area contributed by atoms with Gasteiger partial charge in [0.05, 0.1) is 6.10 Å². The van der Waals surface area contributed by atoms with Gasteiger partial charge < -0.3 is 19.3 Å². The van der Waals surface area contributed by atoms with Gasteiger partial charge in [0.25, 0.3) is 11.8 Å². The van der Waals surface area contributed by atoms with Crippen LogP contribution >= 0.6 is 11.6 Å². The number of ether oxygens (including phenoxy) is 1. The van der Waals surface area contributed by atoms with Crippen molar-refractivity contribution in [3.05, 3.63) is 46.3 Å². The van der Waals surface area contributed by atoms with Crippen molar-refractivity contribution in [2.24, 2.45) is 0 Å². The van der Waals surface area contributed by atoms with Gasteiger partial charge in [0.1, 0.15) is 12.4 Å². The first-order chi connectivity index (χ1) is 11.4. The van der Waals surface area contributed by atoms with E-state index in [1.54, 1.807) is 6.92 Å². The average Bonchev–Trinajstić information content (AvgIpc) is 2.90. The number of aliphatic hydroxyl groups is 1. The Morgan fingerprint density at radius 1 is 1.58 bits per heavy atom. The predicted molar refractivity (Wildman–Crippen MR) is 80.6 cm³/mol. The van der Waals surface area contributed by atoms with E-state index in [1.165, 1.54) is 17.0 Å². The van der Waals surface area contributed by atoms with E-state index in [9.17, 15) is 14.3 Å². The van der Waals surface area contributed by atoms with Crippen LogP contribution in [0.1, 0.15) is 23.4 Å². The summed E-state index contributed by atoms with van der Waals surface area (Å²) in [6, 6.07) is 3.78. The second-order valence-electron chi connectivity index (χ2n) is 5.48. The fourth-order valence-electron chi connectivity index (χ4n) is 2.34. The summed E-state index contributed by atoms with van der Waals surface area (Å²) in [5, 5.41) is 13.9. The number of rotatable bonds is 5. The van der Waals surface area contributed by atoms with Crippen LogP contribution in [-0.2, 0) is 16.1 Å². The third kappa shape index (κ3) is 3.55. The number of aryl methyl sites for hydroxylation is 1. The Balaban J connectivity index is 1.50. The molecule has 0 saturated carbocycles. The Morgan fingerprint density at radius 3 is 2.96 bits per heavy atom. The Kier molecular flexibility index (Phi) is 4.79. The van der Waals surface area contributed by atoms with Crippen molar-refractivity contribution < 1.29 is 23.6 Å². The van der Waals surface area contributed by atoms with Gasteiger partial charge in [0, 0.05) is 23.7 Å². The van der Waals surface area contributed by atoms with Crippen LogP contribution in [0, 0.1) is 12.7 Å². The standard InChI is InChI=1S/C15H15ClFN3O4/c1-8-18-13(24-19-8)7-23-10-5-20(6-10)15(22)14(21)11-3-2-9(16)4-12(11)17/h2-4,10,14,21H,5-7H2,1H3. The molecule has 7 nitrogen and oxygen atoms in total. The normalized spacial score (nSPS) is 16.1. The molecule has 0 spiro atoms. The van der Waals surface area contributed by atoms with Crippen LogP contribution in [0.3, 0.4) is 0 Å². The molecule has 1 aliphatic heterocycles. The van der Waals surface area contributed by atoms with Crippen molar-refractivity contribution in [2.45, 2.75) is 25.7 Å². The van der Waals surface area contributed by atoms with Gasteiger partial charge >= 0.3 is 0 Å². The molecule has 128 valence electrons. The number of amides is 1. The predicted octanol–water partition coefficient (Wildman–Crippen LogP) is 1.63. The lowest BCUT2D eigenvalue weighted by Gasteiger charge is -2.39. The summed E-state index contributed by atoms with van der Waals surface area (Å²) in [6.45, 7) is 2.46. The molecular weight excluding hydrogens is 341 g/mol. The minimum atomic E-state index is -1.57. The molecule has 0 radical (unpaired) electrons. The molecule has 9 heteroatoms. The molecule has 0 aliphatic carbocycles. The number of likely N-dealkylation sites (tertiary alicyclic amines) is 1. The molecule has 1 aliphatic rings. The van der Waals surface area contributed by atoms with Gasteiger partial charge in [-0.05, 0) is 19.1 Å². The van der Waals surface area contributed by atoms with Crippen LogP contribution in [-0.4, -0.2) is 45.2 Å². The highest BCUT2D eigenvalue weighted by Gasteiger charge is 2.36. The zero-order valence-corrected chi connectivity index (χ0v) is 13.5. The monoisotopic (exact) mass is 355 g/mol. The van der Waals surface area contributed by atoms with E-state index < -0.39 is 17.8 Å². The number of benzene rings is 1. The Morgan fingerprint density at radius 2 is 2.33 bits per heavy atom. The van der Waals surface area contributed by atoms with Crippen LogP contribution in [0.25, 0.3) is 0 Å². The minimum absolute atomic E-state index is 0.102. The van der Waals surface area contributed by atoms with Crippen molar-refractivity contribution in [3.63, 3.8) is 0 Å². The highest BCUT2D eigenvalue weighted by molar-refractivity contribution is 6.30. The number of halogens is 2. The van der Waals surface area contributed by atoms with E-state index in [4.69, 9.17) is 20.9 Å². The molecule has 1 aromatic heterocycles. The van der Waals surface area contributed by atoms with Crippen LogP contribution in [0.5, 0.6) is 0 Å². The van der Waals surface area contributed by atoms with Gasteiger partial charge in [0.2, 0.25) is 0 Å². The number of aromatic nitrogens is 2. The number of aliphatic hydroxyl groups excluding tert-OH is 1. The molecule has 2 heterocycles. The molecule has 1 amide bonds. The molecule has 1 atom stereocenters. The SMILES string of the molecule is Cc1noc(COC2CN(C(=O)C(O)c3ccc(Cl)cc3F)C2)n1. The van der Waals surface area contributed by atoms with E-state index in [1.807, 2.05) is 0 Å². The second-order valence-corrected chi connectivity index (χ2v) is 5.92. The maximum absolute atomic E-state index is 13.8. The van der Waals surface area contributed by atoms with E-state index in [-0.39, 0.29) is 23.3 Å². The van der Waals surface area contributed by atoms with Crippen molar-refractivity contribution in [1.82, 2.24) is 15.0 Å². The summed E-state index contributed by atoms with van der Waals surface area (Å²) in [5.74, 6) is -0.416. The molecule has 24 heavy (non-hydrogen) atoms. The average molecular weight is 356 g/mol. The van der Waals surface area contributed by atoms with Crippen molar-refractivity contribution >= 4 is 17.5 Å². The van der Waals surface area contributed by atoms with Gasteiger partial charge in [-0.2, -0.15) is 4.98 Å². The van der Waals surface area contributed by atoms with Crippen LogP contribution in [0.4, 0.5) is 4.39 Å². The summed E-state index contributed by atoms with van der Waals surface area (Å²) in [5.41, 5.74) is -0.102. The molecule has 1 unspecified atom stereocenters. The third-order valence-corrected chi connectivity index (χ3v) is 3.90. The Hall–Kier alpha value is -2.03. The molecule has 1 saturated heterocycles. The number of carbonyl (C=O) groups excluding carboxylic acids is 1. The Labute approximate surface area is 142 Å². The van der Waals surface area contributed by atoms with Crippen LogP contribution < -0.4 is 0 Å². The summed E-state index contributed by atoms with van der Waals surface area (Å²) in [7, 11) is 0. The fourth-order valence-corrected chi connectivity index (χ4v) is 2.50. The third-order valence-electron chi connectivity index (χ3n) is 3.66. The largest absolute Gasteiger partial charge is 0.378 e. The highest BCUT2D eigenvalue weighted by atomic mass is 35.5. The summed E-state index contributed by atoms with van der Waals surface area (Å²) in [6.07, 6.45) is -1.76. The van der Waals surface area contributed by atoms with Gasteiger partial charge in [-0.1, -0.05) is 22.8 Å². The van der Waals surface area contributed by atoms with Gasteiger partial charge in [-0.15, -0.1) is 0 Å². The summed E-state index contributed by atoms with van der Waals surface area (Å²) in [4.78, 5) is 17.6. The molecule has 0 bridgehead atoms. The first kappa shape index (κ1) is 16.8. The second kappa shape index (κ2) is 6.84. The van der Waals surface area contributed by atoms with Crippen molar-refractivity contribution in [3.8, 4) is 0 Å². The molecule has 1 aromatic carbocycles. The van der Waals surface area contributed by atoms with Gasteiger partial charge in [0.15, 0.2) is 11.9 Å². The molecule has 1 N–H and O–H groups in total. The number of hydrogen-bond acceptors (Lipinski definition) is 6. The molecular formula is C15H15ClFN3O4. The van der Waals surface area contributed by atoms with Crippen LogP contribution in [0.15, 0.2) is 22.7 Å². The fraction of sp³-hybridized carbons (Fsp3) is 0.400. The molecule has 1 fully saturated rings. The topological polar surface area (TPSA) is 88.7 Å². The zero-order valence-electron chi connectivity index (χ0n) is 12.8. The lowest BCUT2D eigenvalue weighted by molar-refractivity contribution is -0.155. The van der Waals surface area contributed by atoms with Crippen molar-refractivity contribution in [1.29, 1.82) is 0 Å². The van der Waals surface area contributed by atoms with E-state index in [0.717, 1.165) is 6.07 Å². The zero-order chi connectivity index (χ0) is 17.3. The molecule has 3 rings (SSSR count). The lowest BCUT2D eigenvalue weighted by Crippen LogP contribution is -2.56. The maximum Gasteiger partial charge on any atom is 0.256 e. The number of nitrogens with zero attached hydrogens (tertiary/aromatic N) is 3. The highest BCUT2D eigenvalue weighted by Crippen LogP contribution is 2.25. The number of carbonyl (C=O) groups is 1. The van der Waals surface area contributed by atoms with Crippen LogP contribution in [0.2, 0.25) is 5.02 Å². The first-order valence-electron chi connectivity index (χ1n) is 7.26. The lowest BCUT2D eigenvalue weighted by atomic mass is 10.0. The summed E-state index contributed by atoms with van der Waals surface area (Å²) < 4.78 is 24.2. The van der Waals surface area contributed by atoms with E-state index in [2.05, 4.69) is 10.1 Å². The maximum atomic E-state index is 13.8. The minimum Gasteiger partial charge on any atom is -0.378 e. The van der Waals surface area contributed by atoms with E-state index >= 15 is 0 Å². The van der Waals surface area contributed by atoms with Gasteiger partial charge in [-0.3, -0.25) is 4.79 Å². The first-order valence-corrected chi connectivity index (χ1v) is 7.64. The Bertz CT molecular complexity index is 748. The number of hydrogen-bond donors (Lipinski definition) is 1. The van der Waals surface area contributed by atoms with Crippen molar-refractivity contribution in [2.75, 3.05) is 13.1 Å². The van der Waals surface area contributed by atoms with Gasteiger partial charge in [-0.25, -0.2) is 4.39 Å². The smallest absolute Gasteiger partial charge is 0.256 e. The van der Waals surface area contributed by atoms with E-state index in [0.29, 0.717) is 24.8 Å². The quantitative estimate of drug-likeness (QED) is 0.877. The summed E-state index contributed by atoms with van der Waals surface area (Å²) >= 11 is 5.66. The molecule has 2 aromatic rings.